The monoisotopic (exact) mass is 279 g/mol. The number of hydrogen-bond donors (Lipinski definition) is 0. The zero-order valence-corrected chi connectivity index (χ0v) is 10.5. The molecule has 0 spiro atoms. The smallest absolute Gasteiger partial charge is 0.391 e. The van der Waals surface area contributed by atoms with Crippen LogP contribution >= 0.6 is 0 Å². The van der Waals surface area contributed by atoms with Crippen molar-refractivity contribution in [3.8, 4) is 0 Å². The molecular weight excluding hydrogens is 267 g/mol. The van der Waals surface area contributed by atoms with Gasteiger partial charge in [0.05, 0.1) is 11.8 Å². The lowest BCUT2D eigenvalue weighted by Crippen LogP contribution is -2.05. The minimum atomic E-state index is -4.35. The number of nitrogens with zero attached hydrogens (tertiary/aromatic N) is 1. The molecule has 0 radical (unpaired) electrons. The molecule has 0 aliphatic heterocycles. The van der Waals surface area contributed by atoms with E-state index >= 15 is 0 Å². The lowest BCUT2D eigenvalue weighted by Gasteiger charge is -2.06. The predicted octanol–water partition coefficient (Wildman–Crippen LogP) is 4.26. The van der Waals surface area contributed by atoms with Crippen LogP contribution in [0.25, 0.3) is 0 Å². The maximum atomic E-state index is 12.5. The van der Waals surface area contributed by atoms with Crippen LogP contribution < -0.4 is 0 Å². The lowest BCUT2D eigenvalue weighted by molar-refractivity contribution is -0.137. The molecule has 0 saturated carbocycles. The fourth-order valence-electron chi connectivity index (χ4n) is 1.58. The summed E-state index contributed by atoms with van der Waals surface area (Å²) in [7, 11) is 0. The number of halogens is 3. The molecule has 2 nitrogen and oxygen atoms in total. The molecule has 2 aromatic rings. The number of hydrogen-bond acceptors (Lipinski definition) is 2. The molecule has 104 valence electrons. The predicted molar refractivity (Wildman–Crippen MR) is 70.3 cm³/mol. The van der Waals surface area contributed by atoms with Gasteiger partial charge in [-0.3, -0.25) is 0 Å². The Hall–Kier alpha value is -2.30. The van der Waals surface area contributed by atoms with Crippen molar-refractivity contribution in [3.63, 3.8) is 0 Å². The summed E-state index contributed by atoms with van der Waals surface area (Å²) in [6.07, 6.45) is -3.09. The SMILES string of the molecule is FC(F)(F)c1cccc(C=NOCc2ccccc2)c1. The number of benzene rings is 2. The van der Waals surface area contributed by atoms with Gasteiger partial charge in [0, 0.05) is 0 Å². The third kappa shape index (κ3) is 4.12. The van der Waals surface area contributed by atoms with Gasteiger partial charge in [-0.05, 0) is 23.3 Å². The maximum Gasteiger partial charge on any atom is 0.416 e. The number of alkyl halides is 3. The van der Waals surface area contributed by atoms with Crippen molar-refractivity contribution in [3.05, 3.63) is 71.3 Å². The average Bonchev–Trinajstić information content (AvgIpc) is 2.44. The minimum Gasteiger partial charge on any atom is -0.391 e. The normalized spacial score (nSPS) is 11.8. The van der Waals surface area contributed by atoms with Gasteiger partial charge in [-0.1, -0.05) is 47.6 Å². The van der Waals surface area contributed by atoms with Crippen molar-refractivity contribution in [1.82, 2.24) is 0 Å². The molecule has 0 saturated heterocycles. The van der Waals surface area contributed by atoms with Gasteiger partial charge in [-0.15, -0.1) is 0 Å². The summed E-state index contributed by atoms with van der Waals surface area (Å²) in [4.78, 5) is 5.04. The topological polar surface area (TPSA) is 21.6 Å². The molecule has 0 aromatic heterocycles. The van der Waals surface area contributed by atoms with Gasteiger partial charge < -0.3 is 4.84 Å². The molecule has 0 bridgehead atoms. The molecule has 0 fully saturated rings. The second kappa shape index (κ2) is 6.23. The third-order valence-corrected chi connectivity index (χ3v) is 2.56. The van der Waals surface area contributed by atoms with Gasteiger partial charge in [0.15, 0.2) is 0 Å². The Labute approximate surface area is 114 Å². The van der Waals surface area contributed by atoms with Crippen molar-refractivity contribution >= 4 is 6.21 Å². The molecule has 5 heteroatoms. The fourth-order valence-corrected chi connectivity index (χ4v) is 1.58. The van der Waals surface area contributed by atoms with Gasteiger partial charge in [0.1, 0.15) is 6.61 Å². The second-order valence-corrected chi connectivity index (χ2v) is 4.12. The van der Waals surface area contributed by atoms with Gasteiger partial charge in [-0.25, -0.2) is 0 Å². The second-order valence-electron chi connectivity index (χ2n) is 4.12. The van der Waals surface area contributed by atoms with E-state index in [0.29, 0.717) is 5.56 Å². The molecule has 0 amide bonds. The minimum absolute atomic E-state index is 0.274. The Balaban J connectivity index is 1.95. The van der Waals surface area contributed by atoms with Crippen LogP contribution in [0.4, 0.5) is 13.2 Å². The van der Waals surface area contributed by atoms with Crippen LogP contribution in [0.15, 0.2) is 59.8 Å². The van der Waals surface area contributed by atoms with E-state index in [0.717, 1.165) is 17.7 Å². The van der Waals surface area contributed by atoms with Crippen LogP contribution in [0.3, 0.4) is 0 Å². The lowest BCUT2D eigenvalue weighted by atomic mass is 10.1. The first kappa shape index (κ1) is 14.1. The molecule has 20 heavy (non-hydrogen) atoms. The highest BCUT2D eigenvalue weighted by atomic mass is 19.4. The van der Waals surface area contributed by atoms with E-state index in [1.54, 1.807) is 0 Å². The van der Waals surface area contributed by atoms with E-state index in [1.807, 2.05) is 30.3 Å². The van der Waals surface area contributed by atoms with Crippen LogP contribution in [-0.4, -0.2) is 6.21 Å². The van der Waals surface area contributed by atoms with Crippen LogP contribution in [0.5, 0.6) is 0 Å². The summed E-state index contributed by atoms with van der Waals surface area (Å²) in [5.74, 6) is 0. The summed E-state index contributed by atoms with van der Waals surface area (Å²) in [5.41, 5.74) is 0.575. The van der Waals surface area contributed by atoms with Crippen LogP contribution in [0.1, 0.15) is 16.7 Å². The maximum absolute atomic E-state index is 12.5. The molecule has 2 rings (SSSR count). The molecular formula is C15H12F3NO. The summed E-state index contributed by atoms with van der Waals surface area (Å²) in [6, 6.07) is 14.3. The quantitative estimate of drug-likeness (QED) is 0.605. The summed E-state index contributed by atoms with van der Waals surface area (Å²) in [5, 5.41) is 3.67. The highest BCUT2D eigenvalue weighted by Gasteiger charge is 2.30. The van der Waals surface area contributed by atoms with Gasteiger partial charge in [0.25, 0.3) is 0 Å². The number of rotatable bonds is 4. The van der Waals surface area contributed by atoms with Crippen LogP contribution in [0, 0.1) is 0 Å². The zero-order chi connectivity index (χ0) is 14.4. The average molecular weight is 279 g/mol. The van der Waals surface area contributed by atoms with Crippen LogP contribution in [0.2, 0.25) is 0 Å². The molecule has 0 heterocycles. The van der Waals surface area contributed by atoms with E-state index in [9.17, 15) is 13.2 Å². The Morgan fingerprint density at radius 1 is 1.00 bits per heavy atom. The van der Waals surface area contributed by atoms with E-state index in [1.165, 1.54) is 18.3 Å². The molecule has 0 aliphatic carbocycles. The fraction of sp³-hybridized carbons (Fsp3) is 0.133. The van der Waals surface area contributed by atoms with Gasteiger partial charge in [-0.2, -0.15) is 13.2 Å². The molecule has 0 N–H and O–H groups in total. The first-order chi connectivity index (χ1) is 9.55. The van der Waals surface area contributed by atoms with Crippen molar-refractivity contribution in [2.75, 3.05) is 0 Å². The third-order valence-electron chi connectivity index (χ3n) is 2.56. The first-order valence-corrected chi connectivity index (χ1v) is 5.92. The van der Waals surface area contributed by atoms with Crippen molar-refractivity contribution in [1.29, 1.82) is 0 Å². The Morgan fingerprint density at radius 3 is 2.45 bits per heavy atom. The van der Waals surface area contributed by atoms with E-state index < -0.39 is 11.7 Å². The molecule has 0 atom stereocenters. The van der Waals surface area contributed by atoms with Gasteiger partial charge >= 0.3 is 6.18 Å². The Kier molecular flexibility index (Phi) is 4.40. The van der Waals surface area contributed by atoms with Crippen molar-refractivity contribution in [2.24, 2.45) is 5.16 Å². The standard InChI is InChI=1S/C15H12F3NO/c16-15(17,18)14-8-4-7-13(9-14)10-19-20-11-12-5-2-1-3-6-12/h1-10H,11H2. The first-order valence-electron chi connectivity index (χ1n) is 5.92. The van der Waals surface area contributed by atoms with E-state index in [4.69, 9.17) is 4.84 Å². The molecule has 2 aromatic carbocycles. The zero-order valence-electron chi connectivity index (χ0n) is 10.5. The highest BCUT2D eigenvalue weighted by Crippen LogP contribution is 2.29. The largest absolute Gasteiger partial charge is 0.416 e. The highest BCUT2D eigenvalue weighted by molar-refractivity contribution is 5.79. The molecule has 0 unspecified atom stereocenters. The Bertz CT molecular complexity index is 579. The summed E-state index contributed by atoms with van der Waals surface area (Å²) in [6.45, 7) is 0.274. The molecule has 0 aliphatic rings. The van der Waals surface area contributed by atoms with Crippen molar-refractivity contribution in [2.45, 2.75) is 12.8 Å². The van der Waals surface area contributed by atoms with E-state index in [-0.39, 0.29) is 6.61 Å². The number of oxime groups is 1. The van der Waals surface area contributed by atoms with E-state index in [2.05, 4.69) is 5.16 Å². The summed E-state index contributed by atoms with van der Waals surface area (Å²) >= 11 is 0. The van der Waals surface area contributed by atoms with Gasteiger partial charge in [0.2, 0.25) is 0 Å². The Morgan fingerprint density at radius 2 is 1.75 bits per heavy atom. The van der Waals surface area contributed by atoms with Crippen molar-refractivity contribution < 1.29 is 18.0 Å². The summed E-state index contributed by atoms with van der Waals surface area (Å²) < 4.78 is 37.5. The van der Waals surface area contributed by atoms with Crippen LogP contribution in [-0.2, 0) is 17.6 Å².